The van der Waals surface area contributed by atoms with Gasteiger partial charge < -0.3 is 4.98 Å². The van der Waals surface area contributed by atoms with Crippen molar-refractivity contribution in [3.05, 3.63) is 104 Å². The van der Waals surface area contributed by atoms with Crippen LogP contribution in [-0.2, 0) is 13.5 Å². The third kappa shape index (κ3) is 3.77. The molecule has 0 bridgehead atoms. The first-order valence-electron chi connectivity index (χ1n) is 10.6. The molecule has 0 spiro atoms. The van der Waals surface area contributed by atoms with Crippen molar-refractivity contribution < 1.29 is 0 Å². The largest absolute Gasteiger partial charge is 0.325 e. The lowest BCUT2D eigenvalue weighted by atomic mass is 9.83. The van der Waals surface area contributed by atoms with Gasteiger partial charge in [0.2, 0.25) is 0 Å². The van der Waals surface area contributed by atoms with E-state index in [2.05, 4.69) is 39.3 Å². The summed E-state index contributed by atoms with van der Waals surface area (Å²) in [6, 6.07) is 16.3. The fraction of sp³-hybridized carbons (Fsp3) is 0.240. The number of allylic oxidation sites excluding steroid dienone is 2. The second-order valence-corrected chi connectivity index (χ2v) is 8.21. The highest BCUT2D eigenvalue weighted by Crippen LogP contribution is 2.36. The van der Waals surface area contributed by atoms with Gasteiger partial charge in [0.05, 0.1) is 11.7 Å². The Labute approximate surface area is 179 Å². The molecule has 0 saturated heterocycles. The summed E-state index contributed by atoms with van der Waals surface area (Å²) in [4.78, 5) is 30.0. The van der Waals surface area contributed by atoms with Crippen LogP contribution in [0.4, 0.5) is 0 Å². The van der Waals surface area contributed by atoms with Crippen LogP contribution in [0.25, 0.3) is 16.5 Å². The van der Waals surface area contributed by atoms with Gasteiger partial charge in [-0.15, -0.1) is 0 Å². The Morgan fingerprint density at radius 1 is 1.10 bits per heavy atom. The minimum absolute atomic E-state index is 0.123. The highest BCUT2D eigenvalue weighted by atomic mass is 16.2. The zero-order valence-electron chi connectivity index (χ0n) is 17.4. The Hall–Kier alpha value is -3.67. The fourth-order valence-corrected chi connectivity index (χ4v) is 4.56. The molecule has 0 aliphatic heterocycles. The number of rotatable bonds is 4. The molecule has 156 valence electrons. The summed E-state index contributed by atoms with van der Waals surface area (Å²) in [7, 11) is 1.95. The molecule has 1 aliphatic rings. The molecule has 1 aliphatic carbocycles. The molecular weight excluding hydrogens is 388 g/mol. The minimum Gasteiger partial charge on any atom is -0.311 e. The summed E-state index contributed by atoms with van der Waals surface area (Å²) in [6.07, 6.45) is 7.20. The van der Waals surface area contributed by atoms with Crippen LogP contribution in [0.2, 0.25) is 0 Å². The van der Waals surface area contributed by atoms with E-state index < -0.39 is 5.69 Å². The average Bonchev–Trinajstić information content (AvgIpc) is 3.16. The van der Waals surface area contributed by atoms with E-state index in [0.717, 1.165) is 41.4 Å². The molecule has 0 radical (unpaired) electrons. The number of aromatic nitrogens is 4. The van der Waals surface area contributed by atoms with Gasteiger partial charge in [-0.2, -0.15) is 5.10 Å². The third-order valence-corrected chi connectivity index (χ3v) is 6.24. The maximum absolute atomic E-state index is 12.6. The molecule has 2 N–H and O–H groups in total. The smallest absolute Gasteiger partial charge is 0.311 e. The predicted octanol–water partition coefficient (Wildman–Crippen LogP) is 3.89. The molecule has 0 saturated carbocycles. The van der Waals surface area contributed by atoms with Gasteiger partial charge in [0.25, 0.3) is 5.56 Å². The number of hydrogen-bond acceptors (Lipinski definition) is 3. The van der Waals surface area contributed by atoms with Gasteiger partial charge in [-0.25, -0.2) is 4.79 Å². The summed E-state index contributed by atoms with van der Waals surface area (Å²) < 4.78 is 1.89. The summed E-state index contributed by atoms with van der Waals surface area (Å²) in [6.45, 7) is 0. The molecule has 6 heteroatoms. The van der Waals surface area contributed by atoms with Crippen LogP contribution < -0.4 is 11.2 Å². The second-order valence-electron chi connectivity index (χ2n) is 8.21. The Kier molecular flexibility index (Phi) is 4.90. The molecule has 0 fully saturated rings. The van der Waals surface area contributed by atoms with Crippen molar-refractivity contribution in [2.45, 2.75) is 31.6 Å². The standard InChI is InChI=1S/C25H24N4O2/c1-29-22-14-19(11-12-20(22)15-26-29)17-7-9-18(10-8-17)23-21(24(30)28-25(31)27-23)13-16-5-3-2-4-6-16/h2-7,11-12,14-15,18H,8-10,13H2,1H3,(H2,27,28,30,31). The Balaban J connectivity index is 1.45. The highest BCUT2D eigenvalue weighted by Gasteiger charge is 2.23. The average molecular weight is 412 g/mol. The lowest BCUT2D eigenvalue weighted by Gasteiger charge is -2.24. The van der Waals surface area contributed by atoms with Crippen LogP contribution in [-0.4, -0.2) is 19.7 Å². The highest BCUT2D eigenvalue weighted by molar-refractivity contribution is 5.83. The lowest BCUT2D eigenvalue weighted by molar-refractivity contribution is 0.596. The van der Waals surface area contributed by atoms with Gasteiger partial charge >= 0.3 is 5.69 Å². The summed E-state index contributed by atoms with van der Waals surface area (Å²) in [5.74, 6) is 0.123. The molecular formula is C25H24N4O2. The normalized spacial score (nSPS) is 16.4. The van der Waals surface area contributed by atoms with Crippen LogP contribution in [0.5, 0.6) is 0 Å². The third-order valence-electron chi connectivity index (χ3n) is 6.24. The SMILES string of the molecule is Cn1ncc2ccc(C3=CCC(c4[nH]c(=O)[nH]c(=O)c4Cc4ccccc4)CC3)cc21. The quantitative estimate of drug-likeness (QED) is 0.533. The van der Waals surface area contributed by atoms with E-state index in [1.807, 2.05) is 48.3 Å². The molecule has 0 amide bonds. The number of nitrogens with zero attached hydrogens (tertiary/aromatic N) is 2. The summed E-state index contributed by atoms with van der Waals surface area (Å²) in [5.41, 5.74) is 5.38. The first-order chi connectivity index (χ1) is 15.1. The number of hydrogen-bond donors (Lipinski definition) is 2. The second kappa shape index (κ2) is 7.87. The molecule has 1 unspecified atom stereocenters. The van der Waals surface area contributed by atoms with Crippen LogP contribution in [0, 0.1) is 0 Å². The van der Waals surface area contributed by atoms with E-state index in [0.29, 0.717) is 12.0 Å². The van der Waals surface area contributed by atoms with Crippen molar-refractivity contribution in [3.63, 3.8) is 0 Å². The Morgan fingerprint density at radius 2 is 1.94 bits per heavy atom. The van der Waals surface area contributed by atoms with Crippen molar-refractivity contribution in [2.24, 2.45) is 7.05 Å². The zero-order valence-corrected chi connectivity index (χ0v) is 17.4. The van der Waals surface area contributed by atoms with Gasteiger partial charge in [-0.3, -0.25) is 14.5 Å². The van der Waals surface area contributed by atoms with E-state index in [1.54, 1.807) is 0 Å². The number of fused-ring (bicyclic) bond motifs is 1. The van der Waals surface area contributed by atoms with Gasteiger partial charge in [-0.1, -0.05) is 48.5 Å². The molecule has 2 aromatic carbocycles. The van der Waals surface area contributed by atoms with Crippen molar-refractivity contribution in [2.75, 3.05) is 0 Å². The maximum Gasteiger partial charge on any atom is 0.325 e. The van der Waals surface area contributed by atoms with Crippen LogP contribution in [0.1, 0.15) is 47.6 Å². The van der Waals surface area contributed by atoms with Crippen molar-refractivity contribution >= 4 is 16.5 Å². The molecule has 6 nitrogen and oxygen atoms in total. The van der Waals surface area contributed by atoms with Crippen LogP contribution in [0.3, 0.4) is 0 Å². The Morgan fingerprint density at radius 3 is 2.71 bits per heavy atom. The molecule has 2 aromatic heterocycles. The number of nitrogens with one attached hydrogen (secondary N) is 2. The molecule has 5 rings (SSSR count). The number of benzene rings is 2. The molecule has 1 atom stereocenters. The monoisotopic (exact) mass is 412 g/mol. The molecule has 2 heterocycles. The van der Waals surface area contributed by atoms with E-state index in [-0.39, 0.29) is 11.5 Å². The van der Waals surface area contributed by atoms with E-state index in [1.165, 1.54) is 11.1 Å². The van der Waals surface area contributed by atoms with Crippen LogP contribution in [0.15, 0.2) is 70.4 Å². The van der Waals surface area contributed by atoms with Gasteiger partial charge in [-0.05, 0) is 42.0 Å². The fourth-order valence-electron chi connectivity index (χ4n) is 4.56. The van der Waals surface area contributed by atoms with Crippen molar-refractivity contribution in [3.8, 4) is 0 Å². The first-order valence-corrected chi connectivity index (χ1v) is 10.6. The van der Waals surface area contributed by atoms with Gasteiger partial charge in [0, 0.05) is 36.0 Å². The van der Waals surface area contributed by atoms with Crippen molar-refractivity contribution in [1.29, 1.82) is 0 Å². The van der Waals surface area contributed by atoms with E-state index >= 15 is 0 Å². The maximum atomic E-state index is 12.6. The summed E-state index contributed by atoms with van der Waals surface area (Å²) in [5, 5.41) is 5.46. The summed E-state index contributed by atoms with van der Waals surface area (Å²) >= 11 is 0. The number of aryl methyl sites for hydroxylation is 1. The van der Waals surface area contributed by atoms with Crippen molar-refractivity contribution in [1.82, 2.24) is 19.7 Å². The predicted molar refractivity (Wildman–Crippen MR) is 122 cm³/mol. The van der Waals surface area contributed by atoms with Gasteiger partial charge in [0.1, 0.15) is 0 Å². The molecule has 31 heavy (non-hydrogen) atoms. The topological polar surface area (TPSA) is 83.5 Å². The van der Waals surface area contributed by atoms with E-state index in [9.17, 15) is 9.59 Å². The lowest BCUT2D eigenvalue weighted by Crippen LogP contribution is -2.29. The Bertz CT molecular complexity index is 1390. The zero-order chi connectivity index (χ0) is 21.4. The van der Waals surface area contributed by atoms with Crippen LogP contribution >= 0.6 is 0 Å². The van der Waals surface area contributed by atoms with Gasteiger partial charge in [0.15, 0.2) is 0 Å². The van der Waals surface area contributed by atoms with E-state index in [4.69, 9.17) is 0 Å². The number of H-pyrrole nitrogens is 2. The first kappa shape index (κ1) is 19.3. The molecule has 4 aromatic rings. The number of aromatic amines is 2. The minimum atomic E-state index is -0.437.